The molecule has 0 aliphatic carbocycles. The molecule has 4 nitrogen and oxygen atoms in total. The molecule has 0 saturated carbocycles. The van der Waals surface area contributed by atoms with Crippen LogP contribution in [0.2, 0.25) is 0 Å². The number of ether oxygens (including phenoxy) is 1. The van der Waals surface area contributed by atoms with Crippen molar-refractivity contribution in [2.24, 2.45) is 0 Å². The quantitative estimate of drug-likeness (QED) is 0.444. The topological polar surface area (TPSA) is 52.4 Å². The first kappa shape index (κ1) is 14.8. The number of nitro groups is 1. The van der Waals surface area contributed by atoms with Gasteiger partial charge in [0.1, 0.15) is 16.8 Å². The normalized spacial score (nSPS) is 10.3. The second kappa shape index (κ2) is 6.72. The predicted octanol–water partition coefficient (Wildman–Crippen LogP) is 4.68. The van der Waals surface area contributed by atoms with Crippen molar-refractivity contribution >= 4 is 33.2 Å². The summed E-state index contributed by atoms with van der Waals surface area (Å²) in [5.41, 5.74) is 1.71. The van der Waals surface area contributed by atoms with Gasteiger partial charge in [0.2, 0.25) is 0 Å². The summed E-state index contributed by atoms with van der Waals surface area (Å²) in [5.74, 6) is 1.10. The van der Waals surface area contributed by atoms with Crippen LogP contribution in [0.25, 0.3) is 0 Å². The molecular formula is C14H11BrClNO3. The van der Waals surface area contributed by atoms with Crippen molar-refractivity contribution in [1.29, 1.82) is 0 Å². The average molecular weight is 357 g/mol. The number of rotatable bonds is 5. The Morgan fingerprint density at radius 2 is 2.00 bits per heavy atom. The molecule has 0 unspecified atom stereocenters. The number of benzene rings is 2. The number of nitrogens with zero attached hydrogens (tertiary/aromatic N) is 1. The van der Waals surface area contributed by atoms with E-state index in [1.54, 1.807) is 12.1 Å². The standard InChI is InChI=1S/C14H11BrClNO3/c15-14-11(4-2-6-13(14)17(18)19)9-20-12-5-1-3-10(7-12)8-16/h1-7H,8-9H2. The van der Waals surface area contributed by atoms with Gasteiger partial charge in [0.05, 0.1) is 4.92 Å². The molecule has 0 aliphatic rings. The molecule has 0 bridgehead atoms. The summed E-state index contributed by atoms with van der Waals surface area (Å²) in [5, 5.41) is 10.9. The van der Waals surface area contributed by atoms with E-state index in [-0.39, 0.29) is 12.3 Å². The van der Waals surface area contributed by atoms with E-state index in [2.05, 4.69) is 15.9 Å². The fourth-order valence-corrected chi connectivity index (χ4v) is 2.39. The van der Waals surface area contributed by atoms with Gasteiger partial charge in [0, 0.05) is 17.5 Å². The summed E-state index contributed by atoms with van der Waals surface area (Å²) in [6.07, 6.45) is 0. The molecule has 2 aromatic carbocycles. The number of hydrogen-bond acceptors (Lipinski definition) is 3. The highest BCUT2D eigenvalue weighted by Gasteiger charge is 2.14. The molecule has 2 rings (SSSR count). The van der Waals surface area contributed by atoms with Gasteiger partial charge in [0.15, 0.2) is 0 Å². The molecule has 0 fully saturated rings. The van der Waals surface area contributed by atoms with Gasteiger partial charge in [-0.1, -0.05) is 24.3 Å². The van der Waals surface area contributed by atoms with Crippen LogP contribution in [0.3, 0.4) is 0 Å². The lowest BCUT2D eigenvalue weighted by Crippen LogP contribution is -1.99. The van der Waals surface area contributed by atoms with E-state index in [9.17, 15) is 10.1 Å². The van der Waals surface area contributed by atoms with Gasteiger partial charge in [-0.05, 0) is 33.6 Å². The van der Waals surface area contributed by atoms with Crippen molar-refractivity contribution < 1.29 is 9.66 Å². The van der Waals surface area contributed by atoms with Gasteiger partial charge < -0.3 is 4.74 Å². The Balaban J connectivity index is 2.14. The summed E-state index contributed by atoms with van der Waals surface area (Å²) in [4.78, 5) is 10.4. The monoisotopic (exact) mass is 355 g/mol. The molecule has 0 N–H and O–H groups in total. The van der Waals surface area contributed by atoms with Crippen LogP contribution >= 0.6 is 27.5 Å². The third kappa shape index (κ3) is 3.49. The SMILES string of the molecule is O=[N+]([O-])c1cccc(COc2cccc(CCl)c2)c1Br. The van der Waals surface area contributed by atoms with Crippen molar-refractivity contribution in [3.63, 3.8) is 0 Å². The summed E-state index contributed by atoms with van der Waals surface area (Å²) in [6, 6.07) is 12.3. The zero-order chi connectivity index (χ0) is 14.5. The Bertz CT molecular complexity index is 634. The predicted molar refractivity (Wildman–Crippen MR) is 81.1 cm³/mol. The van der Waals surface area contributed by atoms with E-state index in [4.69, 9.17) is 16.3 Å². The molecule has 0 amide bonds. The molecule has 0 saturated heterocycles. The zero-order valence-corrected chi connectivity index (χ0v) is 12.7. The molecule has 0 spiro atoms. The first-order valence-electron chi connectivity index (χ1n) is 5.81. The van der Waals surface area contributed by atoms with Crippen molar-refractivity contribution in [2.45, 2.75) is 12.5 Å². The molecule has 20 heavy (non-hydrogen) atoms. The lowest BCUT2D eigenvalue weighted by Gasteiger charge is -2.09. The average Bonchev–Trinajstić information content (AvgIpc) is 2.46. The Hall–Kier alpha value is -1.59. The van der Waals surface area contributed by atoms with E-state index in [0.29, 0.717) is 16.1 Å². The van der Waals surface area contributed by atoms with E-state index in [0.717, 1.165) is 11.1 Å². The molecule has 0 radical (unpaired) electrons. The minimum Gasteiger partial charge on any atom is -0.489 e. The highest BCUT2D eigenvalue weighted by Crippen LogP contribution is 2.29. The van der Waals surface area contributed by atoms with Crippen molar-refractivity contribution in [2.75, 3.05) is 0 Å². The van der Waals surface area contributed by atoms with Gasteiger partial charge in [0.25, 0.3) is 5.69 Å². The van der Waals surface area contributed by atoms with E-state index < -0.39 is 4.92 Å². The van der Waals surface area contributed by atoms with Crippen LogP contribution in [-0.4, -0.2) is 4.92 Å². The summed E-state index contributed by atoms with van der Waals surface area (Å²) in [6.45, 7) is 0.244. The molecule has 104 valence electrons. The minimum absolute atomic E-state index is 0.0283. The molecule has 0 aromatic heterocycles. The van der Waals surface area contributed by atoms with E-state index >= 15 is 0 Å². The first-order valence-corrected chi connectivity index (χ1v) is 7.14. The highest BCUT2D eigenvalue weighted by molar-refractivity contribution is 9.10. The first-order chi connectivity index (χ1) is 9.61. The van der Waals surface area contributed by atoms with Crippen molar-refractivity contribution in [3.05, 3.63) is 68.2 Å². The van der Waals surface area contributed by atoms with Gasteiger partial charge in [-0.2, -0.15) is 0 Å². The summed E-state index contributed by atoms with van der Waals surface area (Å²) < 4.78 is 6.08. The largest absolute Gasteiger partial charge is 0.489 e. The fourth-order valence-electron chi connectivity index (χ4n) is 1.70. The Kier molecular flexibility index (Phi) is 4.98. The number of hydrogen-bond donors (Lipinski definition) is 0. The highest BCUT2D eigenvalue weighted by atomic mass is 79.9. The van der Waals surface area contributed by atoms with Crippen molar-refractivity contribution in [1.82, 2.24) is 0 Å². The Labute approximate surface area is 129 Å². The van der Waals surface area contributed by atoms with Gasteiger partial charge >= 0.3 is 0 Å². The maximum atomic E-state index is 10.9. The van der Waals surface area contributed by atoms with E-state index in [1.807, 2.05) is 24.3 Å². The molecule has 0 heterocycles. The molecule has 6 heteroatoms. The third-order valence-corrected chi connectivity index (χ3v) is 3.93. The van der Waals surface area contributed by atoms with Crippen LogP contribution in [-0.2, 0) is 12.5 Å². The minimum atomic E-state index is -0.429. The second-order valence-electron chi connectivity index (χ2n) is 4.08. The van der Waals surface area contributed by atoms with Gasteiger partial charge in [-0.15, -0.1) is 11.6 Å². The van der Waals surface area contributed by atoms with Crippen LogP contribution in [0, 0.1) is 10.1 Å². The third-order valence-electron chi connectivity index (χ3n) is 2.70. The smallest absolute Gasteiger partial charge is 0.283 e. The van der Waals surface area contributed by atoms with Gasteiger partial charge in [-0.3, -0.25) is 10.1 Å². The molecule has 2 aromatic rings. The maximum Gasteiger partial charge on any atom is 0.283 e. The van der Waals surface area contributed by atoms with Crippen molar-refractivity contribution in [3.8, 4) is 5.75 Å². The van der Waals surface area contributed by atoms with Crippen LogP contribution in [0.5, 0.6) is 5.75 Å². The molecule has 0 aliphatic heterocycles. The second-order valence-corrected chi connectivity index (χ2v) is 5.14. The lowest BCUT2D eigenvalue weighted by atomic mass is 10.2. The zero-order valence-electron chi connectivity index (χ0n) is 10.4. The van der Waals surface area contributed by atoms with E-state index in [1.165, 1.54) is 6.07 Å². The van der Waals surface area contributed by atoms with Gasteiger partial charge in [-0.25, -0.2) is 0 Å². The molecule has 0 atom stereocenters. The summed E-state index contributed by atoms with van der Waals surface area (Å²) in [7, 11) is 0. The van der Waals surface area contributed by atoms with Crippen LogP contribution in [0.1, 0.15) is 11.1 Å². The molecular weight excluding hydrogens is 346 g/mol. The fraction of sp³-hybridized carbons (Fsp3) is 0.143. The maximum absolute atomic E-state index is 10.9. The Morgan fingerprint density at radius 1 is 1.25 bits per heavy atom. The number of nitro benzene ring substituents is 1. The van der Waals surface area contributed by atoms with Crippen LogP contribution in [0.15, 0.2) is 46.9 Å². The number of halogens is 2. The Morgan fingerprint density at radius 3 is 2.70 bits per heavy atom. The lowest BCUT2D eigenvalue weighted by molar-refractivity contribution is -0.385. The van der Waals surface area contributed by atoms with Crippen LogP contribution < -0.4 is 4.74 Å². The number of alkyl halides is 1. The van der Waals surface area contributed by atoms with Crippen LogP contribution in [0.4, 0.5) is 5.69 Å². The summed E-state index contributed by atoms with van der Waals surface area (Å²) >= 11 is 9.00.